The molecule has 0 bridgehead atoms. The normalized spacial score (nSPS) is 16.8. The summed E-state index contributed by atoms with van der Waals surface area (Å²) in [7, 11) is 0. The highest BCUT2D eigenvalue weighted by Crippen LogP contribution is 2.31. The van der Waals surface area contributed by atoms with Crippen LogP contribution in [0.2, 0.25) is 0 Å². The summed E-state index contributed by atoms with van der Waals surface area (Å²) in [5.41, 5.74) is 11.9. The molecule has 4 aromatic heterocycles. The molecule has 1 aliphatic carbocycles. The monoisotopic (exact) mass is 442 g/mol. The number of pyridine rings is 1. The van der Waals surface area contributed by atoms with Crippen molar-refractivity contribution in [3.63, 3.8) is 0 Å². The van der Waals surface area contributed by atoms with Crippen molar-refractivity contribution in [1.29, 1.82) is 0 Å². The molecule has 1 aromatic carbocycles. The average Bonchev–Trinajstić information content (AvgIpc) is 3.41. The molecule has 1 unspecified atom stereocenters. The van der Waals surface area contributed by atoms with Crippen LogP contribution in [0.15, 0.2) is 48.9 Å². The van der Waals surface area contributed by atoms with E-state index in [4.69, 9.17) is 10.7 Å². The Kier molecular flexibility index (Phi) is 4.58. The second-order valence-electron chi connectivity index (χ2n) is 8.60. The van der Waals surface area contributed by atoms with Crippen LogP contribution in [-0.2, 0) is 12.8 Å². The predicted molar refractivity (Wildman–Crippen MR) is 124 cm³/mol. The number of H-pyrrole nitrogens is 1. The molecule has 0 aliphatic heterocycles. The molecule has 4 N–H and O–H groups in total. The summed E-state index contributed by atoms with van der Waals surface area (Å²) >= 11 is 0. The first-order chi connectivity index (χ1) is 16.1. The summed E-state index contributed by atoms with van der Waals surface area (Å²) in [6.07, 6.45) is 7.19. The number of hydrogen-bond donors (Lipinski definition) is 3. The van der Waals surface area contributed by atoms with Crippen molar-refractivity contribution in [1.82, 2.24) is 29.5 Å². The van der Waals surface area contributed by atoms with Gasteiger partial charge in [0.1, 0.15) is 5.82 Å². The Bertz CT molecular complexity index is 1480. The molecule has 0 amide bonds. The van der Waals surface area contributed by atoms with E-state index in [1.54, 1.807) is 16.9 Å². The number of nitrogens with zero attached hydrogens (tertiary/aromatic N) is 5. The van der Waals surface area contributed by atoms with Gasteiger partial charge in [0, 0.05) is 46.0 Å². The first-order valence-corrected chi connectivity index (χ1v) is 11.0. The molecule has 6 rings (SSSR count). The second kappa shape index (κ2) is 7.63. The van der Waals surface area contributed by atoms with Gasteiger partial charge < -0.3 is 16.0 Å². The zero-order chi connectivity index (χ0) is 22.5. The van der Waals surface area contributed by atoms with E-state index in [-0.39, 0.29) is 12.1 Å². The first-order valence-electron chi connectivity index (χ1n) is 11.0. The van der Waals surface area contributed by atoms with Crippen LogP contribution in [-0.4, -0.2) is 35.6 Å². The third-order valence-electron chi connectivity index (χ3n) is 6.28. The van der Waals surface area contributed by atoms with Crippen LogP contribution < -0.4 is 11.1 Å². The third kappa shape index (κ3) is 3.41. The summed E-state index contributed by atoms with van der Waals surface area (Å²) < 4.78 is 15.5. The minimum atomic E-state index is -0.439. The zero-order valence-electron chi connectivity index (χ0n) is 18.1. The van der Waals surface area contributed by atoms with E-state index in [1.165, 1.54) is 28.2 Å². The Labute approximate surface area is 189 Å². The number of para-hydroxylation sites is 1. The Hall–Kier alpha value is -3.85. The molecular weight excluding hydrogens is 419 g/mol. The van der Waals surface area contributed by atoms with Crippen molar-refractivity contribution in [2.24, 2.45) is 5.73 Å². The van der Waals surface area contributed by atoms with Gasteiger partial charge in [-0.25, -0.2) is 9.37 Å². The van der Waals surface area contributed by atoms with Crippen molar-refractivity contribution in [2.75, 3.05) is 5.32 Å². The number of nitrogens with two attached hydrogens (primary N) is 1. The Morgan fingerprint density at radius 1 is 1.21 bits per heavy atom. The van der Waals surface area contributed by atoms with E-state index in [2.05, 4.69) is 43.6 Å². The van der Waals surface area contributed by atoms with Gasteiger partial charge in [-0.2, -0.15) is 14.6 Å². The molecule has 0 saturated heterocycles. The molecule has 166 valence electrons. The molecule has 0 radical (unpaired) electrons. The molecule has 9 heteroatoms. The summed E-state index contributed by atoms with van der Waals surface area (Å²) in [5, 5.41) is 9.33. The Morgan fingerprint density at radius 2 is 2.09 bits per heavy atom. The fourth-order valence-corrected chi connectivity index (χ4v) is 4.65. The second-order valence-corrected chi connectivity index (χ2v) is 8.60. The van der Waals surface area contributed by atoms with Crippen molar-refractivity contribution in [3.05, 3.63) is 71.6 Å². The zero-order valence-corrected chi connectivity index (χ0v) is 18.1. The molecule has 5 aromatic rings. The molecule has 4 heterocycles. The van der Waals surface area contributed by atoms with Gasteiger partial charge in [0.25, 0.3) is 0 Å². The van der Waals surface area contributed by atoms with E-state index < -0.39 is 5.82 Å². The molecule has 33 heavy (non-hydrogen) atoms. The molecule has 0 saturated carbocycles. The van der Waals surface area contributed by atoms with Gasteiger partial charge in [0.05, 0.1) is 12.4 Å². The van der Waals surface area contributed by atoms with Crippen molar-refractivity contribution >= 4 is 22.5 Å². The number of fused-ring (bicyclic) bond motifs is 4. The highest BCUT2D eigenvalue weighted by Gasteiger charge is 2.24. The minimum absolute atomic E-state index is 0.163. The van der Waals surface area contributed by atoms with Gasteiger partial charge in [-0.1, -0.05) is 18.2 Å². The number of aryl methyl sites for hydroxylation is 1. The number of nitrogens with one attached hydrogen (secondary N) is 2. The number of aromatic nitrogens is 6. The lowest BCUT2D eigenvalue weighted by Crippen LogP contribution is -2.29. The lowest BCUT2D eigenvalue weighted by molar-refractivity contribution is 0.599. The minimum Gasteiger partial charge on any atom is -0.358 e. The van der Waals surface area contributed by atoms with Crippen LogP contribution in [0.1, 0.15) is 36.2 Å². The smallest absolute Gasteiger partial charge is 0.228 e. The van der Waals surface area contributed by atoms with Crippen LogP contribution in [0.25, 0.3) is 27.9 Å². The summed E-state index contributed by atoms with van der Waals surface area (Å²) in [5.74, 6) is 0.494. The highest BCUT2D eigenvalue weighted by atomic mass is 19.1. The van der Waals surface area contributed by atoms with E-state index in [9.17, 15) is 4.39 Å². The molecule has 2 atom stereocenters. The molecule has 8 nitrogen and oxygen atoms in total. The maximum absolute atomic E-state index is 13.9. The van der Waals surface area contributed by atoms with Gasteiger partial charge in [-0.15, -0.1) is 0 Å². The largest absolute Gasteiger partial charge is 0.358 e. The Morgan fingerprint density at radius 3 is 2.94 bits per heavy atom. The average molecular weight is 443 g/mol. The van der Waals surface area contributed by atoms with E-state index in [1.807, 2.05) is 13.0 Å². The fourth-order valence-electron chi connectivity index (χ4n) is 4.65. The number of benzene rings is 1. The number of anilines is 1. The van der Waals surface area contributed by atoms with Crippen LogP contribution in [0.3, 0.4) is 0 Å². The maximum Gasteiger partial charge on any atom is 0.228 e. The lowest BCUT2D eigenvalue weighted by atomic mass is 9.91. The molecule has 0 spiro atoms. The predicted octanol–water partition coefficient (Wildman–Crippen LogP) is 3.80. The van der Waals surface area contributed by atoms with Crippen molar-refractivity contribution in [2.45, 2.75) is 38.3 Å². The molecule has 0 fully saturated rings. The summed E-state index contributed by atoms with van der Waals surface area (Å²) in [6.45, 7) is 1.88. The van der Waals surface area contributed by atoms with Crippen LogP contribution >= 0.6 is 0 Å². The van der Waals surface area contributed by atoms with Gasteiger partial charge in [0.15, 0.2) is 11.5 Å². The highest BCUT2D eigenvalue weighted by molar-refractivity contribution is 5.85. The van der Waals surface area contributed by atoms with Gasteiger partial charge >= 0.3 is 0 Å². The van der Waals surface area contributed by atoms with Gasteiger partial charge in [-0.05, 0) is 43.9 Å². The van der Waals surface area contributed by atoms with Crippen LogP contribution in [0.5, 0.6) is 0 Å². The van der Waals surface area contributed by atoms with E-state index in [0.29, 0.717) is 23.0 Å². The van der Waals surface area contributed by atoms with Crippen LogP contribution in [0, 0.1) is 5.82 Å². The quantitative estimate of drug-likeness (QED) is 0.391. The standard InChI is InChI=1S/C24H23FN8/c1-13(26)19-12-28-33-23(19)31-22(14-8-15(25)11-27-10-14)32-24(33)29-16-6-7-21-18(9-16)17-4-2-3-5-20(17)30-21/h2-5,8,10-13,16,30H,6-7,9,26H2,1H3,(H,29,31,32)/t13-,16?/m1/s1. The Balaban J connectivity index is 1.41. The van der Waals surface area contributed by atoms with Crippen molar-refractivity contribution in [3.8, 4) is 11.4 Å². The van der Waals surface area contributed by atoms with Gasteiger partial charge in [0.2, 0.25) is 5.95 Å². The van der Waals surface area contributed by atoms with Gasteiger partial charge in [-0.3, -0.25) is 4.98 Å². The maximum atomic E-state index is 13.9. The number of hydrogen-bond acceptors (Lipinski definition) is 6. The molecule has 1 aliphatic rings. The van der Waals surface area contributed by atoms with Crippen molar-refractivity contribution < 1.29 is 4.39 Å². The van der Waals surface area contributed by atoms with E-state index in [0.717, 1.165) is 31.0 Å². The number of halogens is 1. The number of rotatable bonds is 4. The fraction of sp³-hybridized carbons (Fsp3) is 0.250. The number of aromatic amines is 1. The van der Waals surface area contributed by atoms with E-state index >= 15 is 0 Å². The topological polar surface area (TPSA) is 110 Å². The summed E-state index contributed by atoms with van der Waals surface area (Å²) in [6, 6.07) is 9.68. The molecular formula is C24H23FN8. The SMILES string of the molecule is C[C@@H](N)c1cnn2c(NC3CCc4[nH]c5ccccc5c4C3)nc(-c3cncc(F)c3)nc12. The summed E-state index contributed by atoms with van der Waals surface area (Å²) in [4.78, 5) is 16.9. The first kappa shape index (κ1) is 19.8. The third-order valence-corrected chi connectivity index (χ3v) is 6.28. The van der Waals surface area contributed by atoms with Crippen LogP contribution in [0.4, 0.5) is 10.3 Å². The lowest BCUT2D eigenvalue weighted by Gasteiger charge is -2.24.